The molecule has 1 fully saturated rings. The average Bonchev–Trinajstić information content (AvgIpc) is 2.37. The summed E-state index contributed by atoms with van der Waals surface area (Å²) in [6.07, 6.45) is 0.657. The predicted molar refractivity (Wildman–Crippen MR) is 82.2 cm³/mol. The van der Waals surface area contributed by atoms with Crippen LogP contribution in [0.3, 0.4) is 0 Å². The van der Waals surface area contributed by atoms with Gasteiger partial charge in [-0.1, -0.05) is 32.9 Å². The van der Waals surface area contributed by atoms with E-state index in [4.69, 9.17) is 5.11 Å². The van der Waals surface area contributed by atoms with Crippen molar-refractivity contribution < 1.29 is 15.0 Å². The summed E-state index contributed by atoms with van der Waals surface area (Å²) in [4.78, 5) is 13.2. The van der Waals surface area contributed by atoms with Crippen molar-refractivity contribution >= 4 is 5.97 Å². The van der Waals surface area contributed by atoms with Crippen molar-refractivity contribution in [2.24, 2.45) is 11.3 Å². The van der Waals surface area contributed by atoms with E-state index in [1.807, 2.05) is 6.07 Å². The number of hydrogen-bond donors (Lipinski definition) is 2. The van der Waals surface area contributed by atoms with E-state index < -0.39 is 5.97 Å². The zero-order valence-electron chi connectivity index (χ0n) is 13.0. The van der Waals surface area contributed by atoms with Crippen molar-refractivity contribution in [3.63, 3.8) is 0 Å². The number of aliphatic hydroxyl groups excluding tert-OH is 1. The highest BCUT2D eigenvalue weighted by molar-refractivity contribution is 5.87. The lowest BCUT2D eigenvalue weighted by atomic mass is 9.73. The van der Waals surface area contributed by atoms with Crippen LogP contribution in [0, 0.1) is 11.3 Å². The smallest absolute Gasteiger partial charge is 0.335 e. The van der Waals surface area contributed by atoms with Crippen molar-refractivity contribution in [2.45, 2.75) is 39.8 Å². The molecule has 2 N–H and O–H groups in total. The Balaban J connectivity index is 2.00. The number of rotatable bonds is 3. The first-order chi connectivity index (χ1) is 9.77. The summed E-state index contributed by atoms with van der Waals surface area (Å²) in [7, 11) is 0. The van der Waals surface area contributed by atoms with Gasteiger partial charge in [0.1, 0.15) is 0 Å². The van der Waals surface area contributed by atoms with Crippen LogP contribution in [0.25, 0.3) is 0 Å². The van der Waals surface area contributed by atoms with E-state index in [9.17, 15) is 9.90 Å². The van der Waals surface area contributed by atoms with Gasteiger partial charge in [-0.15, -0.1) is 0 Å². The quantitative estimate of drug-likeness (QED) is 0.898. The SMILES string of the molecule is CC(C)(C)C1CCN(Cc2cccc(C(=O)O)c2)CC1O. The molecule has 0 aromatic heterocycles. The van der Waals surface area contributed by atoms with Gasteiger partial charge in [-0.25, -0.2) is 4.79 Å². The molecular formula is C17H25NO3. The highest BCUT2D eigenvalue weighted by Crippen LogP contribution is 2.34. The number of carbonyl (C=O) groups is 1. The van der Waals surface area contributed by atoms with Crippen LogP contribution < -0.4 is 0 Å². The third-order valence-corrected chi connectivity index (χ3v) is 4.36. The molecular weight excluding hydrogens is 266 g/mol. The summed E-state index contributed by atoms with van der Waals surface area (Å²) < 4.78 is 0. The molecule has 1 aromatic rings. The van der Waals surface area contributed by atoms with Crippen molar-refractivity contribution in [2.75, 3.05) is 13.1 Å². The Morgan fingerprint density at radius 2 is 2.10 bits per heavy atom. The van der Waals surface area contributed by atoms with Crippen molar-refractivity contribution in [1.82, 2.24) is 4.90 Å². The van der Waals surface area contributed by atoms with Crippen LogP contribution >= 0.6 is 0 Å². The Bertz CT molecular complexity index is 507. The predicted octanol–water partition coefficient (Wildman–Crippen LogP) is 2.61. The standard InChI is InChI=1S/C17H25NO3/c1-17(2,3)14-7-8-18(11-15(14)19)10-12-5-4-6-13(9-12)16(20)21/h4-6,9,14-15,19H,7-8,10-11H2,1-3H3,(H,20,21). The molecule has 21 heavy (non-hydrogen) atoms. The Morgan fingerprint density at radius 3 is 2.67 bits per heavy atom. The maximum absolute atomic E-state index is 11.0. The van der Waals surface area contributed by atoms with E-state index in [2.05, 4.69) is 25.7 Å². The average molecular weight is 291 g/mol. The number of nitrogens with zero attached hydrogens (tertiary/aromatic N) is 1. The Labute approximate surface area is 126 Å². The minimum absolute atomic E-state index is 0.120. The number of aliphatic hydroxyl groups is 1. The van der Waals surface area contributed by atoms with Gasteiger partial charge in [0.2, 0.25) is 0 Å². The van der Waals surface area contributed by atoms with E-state index in [1.54, 1.807) is 18.2 Å². The maximum atomic E-state index is 11.0. The van der Waals surface area contributed by atoms with Crippen molar-refractivity contribution in [3.05, 3.63) is 35.4 Å². The Kier molecular flexibility index (Phi) is 4.69. The fraction of sp³-hybridized carbons (Fsp3) is 0.588. The Morgan fingerprint density at radius 1 is 1.38 bits per heavy atom. The fourth-order valence-corrected chi connectivity index (χ4v) is 3.21. The van der Waals surface area contributed by atoms with Crippen LogP contribution in [-0.4, -0.2) is 40.3 Å². The van der Waals surface area contributed by atoms with Crippen LogP contribution in [0.15, 0.2) is 24.3 Å². The molecule has 1 saturated heterocycles. The van der Waals surface area contributed by atoms with Gasteiger partial charge >= 0.3 is 5.97 Å². The lowest BCUT2D eigenvalue weighted by Crippen LogP contribution is -2.47. The number of hydrogen-bond acceptors (Lipinski definition) is 3. The summed E-state index contributed by atoms with van der Waals surface area (Å²) in [5, 5.41) is 19.4. The first kappa shape index (κ1) is 16.0. The molecule has 0 saturated carbocycles. The largest absolute Gasteiger partial charge is 0.478 e. The van der Waals surface area contributed by atoms with E-state index >= 15 is 0 Å². The second kappa shape index (κ2) is 6.16. The van der Waals surface area contributed by atoms with Gasteiger partial charge in [0.15, 0.2) is 0 Å². The summed E-state index contributed by atoms with van der Waals surface area (Å²) in [6.45, 7) is 8.80. The first-order valence-corrected chi connectivity index (χ1v) is 7.50. The molecule has 1 aromatic carbocycles. The van der Waals surface area contributed by atoms with Gasteiger partial charge in [-0.05, 0) is 42.0 Å². The fourth-order valence-electron chi connectivity index (χ4n) is 3.21. The monoisotopic (exact) mass is 291 g/mol. The molecule has 0 amide bonds. The molecule has 4 nitrogen and oxygen atoms in total. The summed E-state index contributed by atoms with van der Waals surface area (Å²) in [6, 6.07) is 7.03. The molecule has 1 aliphatic rings. The van der Waals surface area contributed by atoms with Crippen LogP contribution in [0.4, 0.5) is 0 Å². The van der Waals surface area contributed by atoms with E-state index in [0.29, 0.717) is 24.6 Å². The van der Waals surface area contributed by atoms with Gasteiger partial charge in [0.05, 0.1) is 11.7 Å². The van der Waals surface area contributed by atoms with E-state index in [0.717, 1.165) is 18.5 Å². The molecule has 0 spiro atoms. The van der Waals surface area contributed by atoms with E-state index in [1.165, 1.54) is 0 Å². The second-order valence-corrected chi connectivity index (χ2v) is 7.07. The molecule has 0 bridgehead atoms. The van der Waals surface area contributed by atoms with Crippen LogP contribution in [0.5, 0.6) is 0 Å². The lowest BCUT2D eigenvalue weighted by molar-refractivity contribution is -0.0265. The number of carboxylic acids is 1. The third-order valence-electron chi connectivity index (χ3n) is 4.36. The van der Waals surface area contributed by atoms with Gasteiger partial charge in [-0.3, -0.25) is 4.90 Å². The van der Waals surface area contributed by atoms with Gasteiger partial charge in [0.25, 0.3) is 0 Å². The summed E-state index contributed by atoms with van der Waals surface area (Å²) in [5.74, 6) is -0.581. The van der Waals surface area contributed by atoms with Crippen molar-refractivity contribution in [3.8, 4) is 0 Å². The first-order valence-electron chi connectivity index (χ1n) is 7.50. The van der Waals surface area contributed by atoms with Crippen LogP contribution in [0.1, 0.15) is 43.1 Å². The number of aromatic carboxylic acids is 1. The molecule has 0 aliphatic carbocycles. The lowest BCUT2D eigenvalue weighted by Gasteiger charge is -2.42. The van der Waals surface area contributed by atoms with Crippen LogP contribution in [0.2, 0.25) is 0 Å². The second-order valence-electron chi connectivity index (χ2n) is 7.07. The number of likely N-dealkylation sites (tertiary alicyclic amines) is 1. The molecule has 2 rings (SSSR count). The van der Waals surface area contributed by atoms with Crippen LogP contribution in [-0.2, 0) is 6.54 Å². The molecule has 2 atom stereocenters. The van der Waals surface area contributed by atoms with Crippen molar-refractivity contribution in [1.29, 1.82) is 0 Å². The molecule has 4 heteroatoms. The molecule has 1 aliphatic heterocycles. The maximum Gasteiger partial charge on any atom is 0.335 e. The zero-order valence-corrected chi connectivity index (χ0v) is 13.0. The molecule has 116 valence electrons. The number of piperidine rings is 1. The highest BCUT2D eigenvalue weighted by atomic mass is 16.4. The number of benzene rings is 1. The Hall–Kier alpha value is -1.39. The normalized spacial score (nSPS) is 24.0. The third kappa shape index (κ3) is 4.05. The topological polar surface area (TPSA) is 60.8 Å². The molecule has 1 heterocycles. The zero-order chi connectivity index (χ0) is 15.6. The molecule has 2 unspecified atom stereocenters. The van der Waals surface area contributed by atoms with Gasteiger partial charge < -0.3 is 10.2 Å². The summed E-state index contributed by atoms with van der Waals surface area (Å²) >= 11 is 0. The minimum atomic E-state index is -0.900. The molecule has 0 radical (unpaired) electrons. The van der Waals surface area contributed by atoms with Gasteiger partial charge in [0, 0.05) is 13.1 Å². The van der Waals surface area contributed by atoms with E-state index in [-0.39, 0.29) is 11.5 Å². The number of carboxylic acid groups (broad SMARTS) is 1. The minimum Gasteiger partial charge on any atom is -0.478 e. The summed E-state index contributed by atoms with van der Waals surface area (Å²) in [5.41, 5.74) is 1.42. The highest BCUT2D eigenvalue weighted by Gasteiger charge is 2.35. The number of β-amino-alcohol motifs (C(OH)–C–C–N with tert-alkyl or cyclic N) is 1. The van der Waals surface area contributed by atoms with Gasteiger partial charge in [-0.2, -0.15) is 0 Å².